The molecule has 0 bridgehead atoms. The van der Waals surface area contributed by atoms with Gasteiger partial charge in [-0.15, -0.1) is 0 Å². The van der Waals surface area contributed by atoms with Crippen molar-refractivity contribution >= 4 is 53.2 Å². The van der Waals surface area contributed by atoms with Crippen molar-refractivity contribution < 1.29 is 38.2 Å². The van der Waals surface area contributed by atoms with Crippen LogP contribution < -0.4 is 10.6 Å². The summed E-state index contributed by atoms with van der Waals surface area (Å²) < 4.78 is 10.6. The van der Waals surface area contributed by atoms with Crippen LogP contribution in [0.15, 0.2) is 66.7 Å². The zero-order valence-corrected chi connectivity index (χ0v) is 29.3. The lowest BCUT2D eigenvalue weighted by Crippen LogP contribution is -2.55. The number of rotatable bonds is 11. The number of hydrogen-bond donors (Lipinski definition) is 2. The summed E-state index contributed by atoms with van der Waals surface area (Å²) in [5.74, 6) is -1.51. The molecule has 0 spiro atoms. The minimum Gasteiger partial charge on any atom is -0.445 e. The number of likely N-dealkylation sites (N-methyl/N-ethyl adjacent to an activating group) is 2. The van der Waals surface area contributed by atoms with Gasteiger partial charge in [0, 0.05) is 63.0 Å². The normalized spacial score (nSPS) is 15.3. The van der Waals surface area contributed by atoms with Crippen molar-refractivity contribution in [2.75, 3.05) is 39.2 Å². The van der Waals surface area contributed by atoms with E-state index in [9.17, 15) is 28.8 Å². The molecule has 1 saturated heterocycles. The molecule has 15 heteroatoms. The Hall–Kier alpha value is -5.63. The lowest BCUT2D eigenvalue weighted by molar-refractivity contribution is -0.156. The van der Waals surface area contributed by atoms with Gasteiger partial charge < -0.3 is 34.8 Å². The summed E-state index contributed by atoms with van der Waals surface area (Å²) >= 11 is 6.14. The minimum absolute atomic E-state index is 0.0176. The Morgan fingerprint density at radius 2 is 1.61 bits per heavy atom. The molecule has 268 valence electrons. The molecule has 3 aromatic carbocycles. The van der Waals surface area contributed by atoms with Crippen LogP contribution >= 0.6 is 11.6 Å². The quantitative estimate of drug-likeness (QED) is 0.269. The van der Waals surface area contributed by atoms with E-state index in [1.165, 1.54) is 28.8 Å². The summed E-state index contributed by atoms with van der Waals surface area (Å²) in [6, 6.07) is 18.2. The number of ether oxygens (including phenoxy) is 2. The second-order valence-electron chi connectivity index (χ2n) is 12.3. The number of halogens is 1. The number of nitrogens with one attached hydrogen (secondary N) is 2. The number of carbonyl (C=O) groups is 6. The average molecular weight is 719 g/mol. The maximum atomic E-state index is 13.5. The van der Waals surface area contributed by atoms with Gasteiger partial charge in [0.05, 0.1) is 0 Å². The van der Waals surface area contributed by atoms with E-state index in [2.05, 4.69) is 10.6 Å². The van der Waals surface area contributed by atoms with Gasteiger partial charge in [-0.05, 0) is 53.8 Å². The Bertz CT molecular complexity index is 1820. The Kier molecular flexibility index (Phi) is 11.8. The lowest BCUT2D eigenvalue weighted by Gasteiger charge is -2.35. The topological polar surface area (TPSA) is 158 Å². The van der Waals surface area contributed by atoms with E-state index in [1.54, 1.807) is 36.4 Å². The fourth-order valence-electron chi connectivity index (χ4n) is 5.57. The van der Waals surface area contributed by atoms with Crippen molar-refractivity contribution in [3.8, 4) is 0 Å². The number of fused-ring (bicyclic) bond motifs is 1. The number of amides is 7. The number of urea groups is 1. The first-order valence-corrected chi connectivity index (χ1v) is 16.7. The number of hydrogen-bond acceptors (Lipinski definition) is 8. The second kappa shape index (κ2) is 16.4. The molecule has 2 aliphatic heterocycles. The second-order valence-corrected chi connectivity index (χ2v) is 12.7. The first kappa shape index (κ1) is 36.6. The van der Waals surface area contributed by atoms with Crippen LogP contribution in [0, 0.1) is 6.92 Å². The highest BCUT2D eigenvalue weighted by Gasteiger charge is 2.43. The van der Waals surface area contributed by atoms with Gasteiger partial charge in [0.25, 0.3) is 11.8 Å². The van der Waals surface area contributed by atoms with Crippen molar-refractivity contribution in [3.63, 3.8) is 0 Å². The van der Waals surface area contributed by atoms with Crippen LogP contribution in [-0.4, -0.2) is 95.5 Å². The van der Waals surface area contributed by atoms with E-state index in [0.717, 1.165) is 21.6 Å². The fraction of sp³-hybridized carbons (Fsp3) is 0.333. The molecule has 1 atom stereocenters. The van der Waals surface area contributed by atoms with Crippen LogP contribution in [0.2, 0.25) is 5.02 Å². The number of likely N-dealkylation sites (tertiary alicyclic amines) is 1. The van der Waals surface area contributed by atoms with Gasteiger partial charge >= 0.3 is 18.2 Å². The Morgan fingerprint density at radius 1 is 0.902 bits per heavy atom. The first-order chi connectivity index (χ1) is 24.4. The molecular formula is C36H39ClN6O8. The van der Waals surface area contributed by atoms with Crippen LogP contribution in [-0.2, 0) is 38.8 Å². The van der Waals surface area contributed by atoms with Crippen LogP contribution in [0.1, 0.15) is 45.5 Å². The molecule has 2 heterocycles. The zero-order chi connectivity index (χ0) is 36.7. The van der Waals surface area contributed by atoms with Gasteiger partial charge in [-0.2, -0.15) is 0 Å². The SMILES string of the molecule is Cc1ccc(NC(=O)NCc2ccc3c(c2)CN(C2CCC(=O)N(COC(=O)N(C)CCN(C)C(=O)OCc4ccccc4)C2=O)C3=O)cc1Cl. The van der Waals surface area contributed by atoms with E-state index in [1.807, 2.05) is 37.3 Å². The summed E-state index contributed by atoms with van der Waals surface area (Å²) in [7, 11) is 3.00. The largest absolute Gasteiger partial charge is 0.445 e. The van der Waals surface area contributed by atoms with Crippen LogP contribution in [0.5, 0.6) is 0 Å². The number of nitrogens with zero attached hydrogens (tertiary/aromatic N) is 4. The van der Waals surface area contributed by atoms with E-state index in [-0.39, 0.29) is 51.5 Å². The highest BCUT2D eigenvalue weighted by molar-refractivity contribution is 6.31. The molecule has 3 aromatic rings. The monoisotopic (exact) mass is 718 g/mol. The van der Waals surface area contributed by atoms with Gasteiger partial charge in [0.1, 0.15) is 12.6 Å². The Labute approximate surface area is 300 Å². The number of aryl methyl sites for hydroxylation is 1. The smallest absolute Gasteiger partial charge is 0.411 e. The minimum atomic E-state index is -0.928. The molecule has 5 rings (SSSR count). The molecule has 0 aliphatic carbocycles. The molecule has 14 nitrogen and oxygen atoms in total. The zero-order valence-electron chi connectivity index (χ0n) is 28.5. The predicted octanol–water partition coefficient (Wildman–Crippen LogP) is 4.74. The summed E-state index contributed by atoms with van der Waals surface area (Å²) in [6.07, 6.45) is -1.25. The highest BCUT2D eigenvalue weighted by atomic mass is 35.5. The molecular weight excluding hydrogens is 680 g/mol. The lowest BCUT2D eigenvalue weighted by atomic mass is 10.0. The third kappa shape index (κ3) is 9.14. The molecule has 1 fully saturated rings. The number of anilines is 1. The van der Waals surface area contributed by atoms with Gasteiger partial charge in [-0.25, -0.2) is 19.3 Å². The van der Waals surface area contributed by atoms with E-state index in [0.29, 0.717) is 21.8 Å². The summed E-state index contributed by atoms with van der Waals surface area (Å²) in [5, 5.41) is 6.04. The summed E-state index contributed by atoms with van der Waals surface area (Å²) in [6.45, 7) is 1.93. The van der Waals surface area contributed by atoms with Gasteiger partial charge in [-0.3, -0.25) is 14.4 Å². The summed E-state index contributed by atoms with van der Waals surface area (Å²) in [5.41, 5.74) is 4.14. The first-order valence-electron chi connectivity index (χ1n) is 16.3. The molecule has 1 unspecified atom stereocenters. The molecule has 51 heavy (non-hydrogen) atoms. The number of carbonyl (C=O) groups excluding carboxylic acids is 6. The molecule has 2 aliphatic rings. The standard InChI is InChI=1S/C36H39ClN6O8/c1-23-9-11-27(18-29(23)37)39-34(47)38-19-25-10-12-28-26(17-25)20-42(32(28)45)30-13-14-31(44)43(33(30)46)22-51-36(49)41(3)16-15-40(2)35(48)50-21-24-7-5-4-6-8-24/h4-12,17-18,30H,13-16,19-22H2,1-3H3,(H2,38,39,47). The fourth-order valence-corrected chi connectivity index (χ4v) is 5.76. The van der Waals surface area contributed by atoms with Crippen molar-refractivity contribution in [2.24, 2.45) is 0 Å². The van der Waals surface area contributed by atoms with E-state index in [4.69, 9.17) is 21.1 Å². The van der Waals surface area contributed by atoms with Gasteiger partial charge in [0.15, 0.2) is 6.73 Å². The Balaban J connectivity index is 1.09. The average Bonchev–Trinajstić information content (AvgIpc) is 3.45. The van der Waals surface area contributed by atoms with E-state index < -0.39 is 42.8 Å². The predicted molar refractivity (Wildman–Crippen MR) is 186 cm³/mol. The molecule has 0 radical (unpaired) electrons. The highest BCUT2D eigenvalue weighted by Crippen LogP contribution is 2.30. The van der Waals surface area contributed by atoms with Crippen LogP contribution in [0.3, 0.4) is 0 Å². The third-order valence-corrected chi connectivity index (χ3v) is 9.07. The maximum Gasteiger partial charge on any atom is 0.411 e. The van der Waals surface area contributed by atoms with Crippen molar-refractivity contribution in [1.82, 2.24) is 24.9 Å². The van der Waals surface area contributed by atoms with Crippen LogP contribution in [0.4, 0.5) is 20.1 Å². The van der Waals surface area contributed by atoms with Gasteiger partial charge in [-0.1, -0.05) is 60.1 Å². The number of benzene rings is 3. The molecule has 2 N–H and O–H groups in total. The molecule has 7 amide bonds. The molecule has 0 saturated carbocycles. The summed E-state index contributed by atoms with van der Waals surface area (Å²) in [4.78, 5) is 81.8. The maximum absolute atomic E-state index is 13.5. The molecule has 0 aromatic heterocycles. The third-order valence-electron chi connectivity index (χ3n) is 8.66. The Morgan fingerprint density at radius 3 is 2.31 bits per heavy atom. The van der Waals surface area contributed by atoms with Crippen LogP contribution in [0.25, 0.3) is 0 Å². The number of imide groups is 1. The van der Waals surface area contributed by atoms with Gasteiger partial charge in [0.2, 0.25) is 5.91 Å². The number of piperidine rings is 1. The van der Waals surface area contributed by atoms with Crippen molar-refractivity contribution in [2.45, 2.75) is 45.5 Å². The van der Waals surface area contributed by atoms with Crippen molar-refractivity contribution in [1.29, 1.82) is 0 Å². The van der Waals surface area contributed by atoms with Crippen molar-refractivity contribution in [3.05, 3.63) is 99.6 Å². The van der Waals surface area contributed by atoms with E-state index >= 15 is 0 Å².